The molecule has 0 bridgehead atoms. The predicted octanol–water partition coefficient (Wildman–Crippen LogP) is 4.64. The fourth-order valence-corrected chi connectivity index (χ4v) is 3.56. The molecule has 1 heterocycles. The summed E-state index contributed by atoms with van der Waals surface area (Å²) in [7, 11) is 1.83. The number of nitrogens with two attached hydrogens (primary N) is 2. The zero-order chi connectivity index (χ0) is 20.1. The van der Waals surface area contributed by atoms with Gasteiger partial charge in [0.1, 0.15) is 5.82 Å². The average molecular weight is 433 g/mol. The van der Waals surface area contributed by atoms with Gasteiger partial charge in [0.25, 0.3) is 0 Å². The van der Waals surface area contributed by atoms with E-state index < -0.39 is 5.82 Å². The van der Waals surface area contributed by atoms with Gasteiger partial charge in [-0.15, -0.1) is 0 Å². The molecule has 1 aromatic carbocycles. The molecule has 0 radical (unpaired) electrons. The summed E-state index contributed by atoms with van der Waals surface area (Å²) in [6.07, 6.45) is 8.52. The van der Waals surface area contributed by atoms with Gasteiger partial charge in [-0.3, -0.25) is 0 Å². The fraction of sp³-hybridized carbons (Fsp3) is 0.238. The first-order valence-corrected chi connectivity index (χ1v) is 9.58. The van der Waals surface area contributed by atoms with Crippen LogP contribution in [-0.4, -0.2) is 18.5 Å². The largest absolute Gasteiger partial charge is 0.404 e. The average Bonchev–Trinajstić information content (AvgIpc) is 2.65. The number of hydrogen-bond donors (Lipinski definition) is 3. The number of halogens is 2. The Kier molecular flexibility index (Phi) is 6.91. The van der Waals surface area contributed by atoms with Gasteiger partial charge in [-0.05, 0) is 37.6 Å². The molecule has 0 atom stereocenters. The third-order valence-electron chi connectivity index (χ3n) is 4.36. The molecule has 27 heavy (non-hydrogen) atoms. The van der Waals surface area contributed by atoms with E-state index in [9.17, 15) is 4.39 Å². The third kappa shape index (κ3) is 4.27. The van der Waals surface area contributed by atoms with Gasteiger partial charge < -0.3 is 21.7 Å². The van der Waals surface area contributed by atoms with E-state index in [-0.39, 0.29) is 5.69 Å². The van der Waals surface area contributed by atoms with E-state index in [1.165, 1.54) is 6.07 Å². The summed E-state index contributed by atoms with van der Waals surface area (Å²) in [6.45, 7) is 8.90. The van der Waals surface area contributed by atoms with E-state index in [2.05, 4.69) is 39.6 Å². The van der Waals surface area contributed by atoms with Gasteiger partial charge >= 0.3 is 0 Å². The van der Waals surface area contributed by atoms with E-state index in [1.54, 1.807) is 12.3 Å². The molecule has 1 aromatic rings. The van der Waals surface area contributed by atoms with Crippen LogP contribution >= 0.6 is 15.9 Å². The van der Waals surface area contributed by atoms with Gasteiger partial charge in [-0.2, -0.15) is 0 Å². The second kappa shape index (κ2) is 8.95. The minimum absolute atomic E-state index is 0.106. The number of benzene rings is 1. The Morgan fingerprint density at radius 1 is 1.37 bits per heavy atom. The molecule has 5 N–H and O–H groups in total. The number of hydrogen-bond acceptors (Lipinski definition) is 4. The molecule has 0 spiro atoms. The predicted molar refractivity (Wildman–Crippen MR) is 116 cm³/mol. The maximum atomic E-state index is 13.8. The molecule has 6 heteroatoms. The molecule has 1 aliphatic heterocycles. The van der Waals surface area contributed by atoms with Crippen LogP contribution in [0.3, 0.4) is 0 Å². The third-order valence-corrected chi connectivity index (χ3v) is 5.02. The van der Waals surface area contributed by atoms with E-state index in [1.807, 2.05) is 32.2 Å². The van der Waals surface area contributed by atoms with Crippen LogP contribution in [0.5, 0.6) is 0 Å². The summed E-state index contributed by atoms with van der Waals surface area (Å²) in [4.78, 5) is 2.20. The van der Waals surface area contributed by atoms with Gasteiger partial charge in [0, 0.05) is 52.4 Å². The van der Waals surface area contributed by atoms with Gasteiger partial charge in [0.15, 0.2) is 0 Å². The van der Waals surface area contributed by atoms with Crippen LogP contribution in [0.15, 0.2) is 70.3 Å². The summed E-state index contributed by atoms with van der Waals surface area (Å²) in [6, 6.07) is 3.04. The maximum Gasteiger partial charge on any atom is 0.147 e. The summed E-state index contributed by atoms with van der Waals surface area (Å²) < 4.78 is 14.5. The van der Waals surface area contributed by atoms with Gasteiger partial charge in [0.05, 0.1) is 11.4 Å². The van der Waals surface area contributed by atoms with Crippen molar-refractivity contribution < 1.29 is 4.39 Å². The number of anilines is 1. The number of nitrogens with zero attached hydrogens (tertiary/aromatic N) is 1. The van der Waals surface area contributed by atoms with Crippen LogP contribution in [0, 0.1) is 5.82 Å². The molecule has 0 aliphatic carbocycles. The van der Waals surface area contributed by atoms with Crippen molar-refractivity contribution in [2.24, 2.45) is 5.73 Å². The van der Waals surface area contributed by atoms with Crippen molar-refractivity contribution in [2.45, 2.75) is 20.3 Å². The lowest BCUT2D eigenvalue weighted by Gasteiger charge is -2.36. The zero-order valence-corrected chi connectivity index (χ0v) is 17.5. The number of allylic oxidation sites excluding steroid dienone is 4. The Morgan fingerprint density at radius 2 is 2.07 bits per heavy atom. The molecule has 0 aromatic heterocycles. The SMILES string of the molecule is C=C(/C=C1\C(=C/N)C=C(c2cc(N)c(F)cc2Br)/C(=C/C)N1CCC)NC. The molecule has 0 unspecified atom stereocenters. The van der Waals surface area contributed by atoms with Gasteiger partial charge in [-0.25, -0.2) is 4.39 Å². The highest BCUT2D eigenvalue weighted by Gasteiger charge is 2.27. The van der Waals surface area contributed by atoms with Crippen LogP contribution in [0.1, 0.15) is 25.8 Å². The minimum atomic E-state index is -0.449. The standard InChI is InChI=1S/C21H26BrFN4/c1-5-7-27-20(6-2)16(15-10-19(25)18(23)11-17(15)22)9-14(12-24)21(27)8-13(3)26-4/h6,8-12,26H,3,5,7,24-25H2,1-2,4H3/b14-12-,20-6-,21-8+. The highest BCUT2D eigenvalue weighted by molar-refractivity contribution is 9.10. The monoisotopic (exact) mass is 432 g/mol. The van der Waals surface area contributed by atoms with Crippen LogP contribution < -0.4 is 16.8 Å². The second-order valence-electron chi connectivity index (χ2n) is 6.16. The first-order valence-electron chi connectivity index (χ1n) is 8.79. The minimum Gasteiger partial charge on any atom is -0.404 e. The normalized spacial score (nSPS) is 18.9. The second-order valence-corrected chi connectivity index (χ2v) is 7.02. The molecule has 2 rings (SSSR count). The Hall–Kier alpha value is -2.47. The lowest BCUT2D eigenvalue weighted by molar-refractivity contribution is 0.443. The topological polar surface area (TPSA) is 67.3 Å². The first-order chi connectivity index (χ1) is 12.9. The van der Waals surface area contributed by atoms with Crippen molar-refractivity contribution in [3.05, 3.63) is 81.7 Å². The van der Waals surface area contributed by atoms with Gasteiger partial charge in [-0.1, -0.05) is 35.5 Å². The summed E-state index contributed by atoms with van der Waals surface area (Å²) in [5.41, 5.74) is 17.2. The Labute approximate surface area is 168 Å². The summed E-state index contributed by atoms with van der Waals surface area (Å²) >= 11 is 3.47. The van der Waals surface area contributed by atoms with E-state index in [0.29, 0.717) is 4.47 Å². The maximum absolute atomic E-state index is 13.8. The number of rotatable bonds is 5. The highest BCUT2D eigenvalue weighted by Crippen LogP contribution is 2.41. The molecular weight excluding hydrogens is 407 g/mol. The Bertz CT molecular complexity index is 865. The molecule has 0 saturated heterocycles. The summed E-state index contributed by atoms with van der Waals surface area (Å²) in [5.74, 6) is -0.449. The molecule has 0 saturated carbocycles. The Balaban J connectivity index is 2.74. The van der Waals surface area contributed by atoms with E-state index >= 15 is 0 Å². The fourth-order valence-electron chi connectivity index (χ4n) is 3.03. The highest BCUT2D eigenvalue weighted by atomic mass is 79.9. The smallest absolute Gasteiger partial charge is 0.147 e. The lowest BCUT2D eigenvalue weighted by atomic mass is 9.92. The molecule has 0 fully saturated rings. The molecule has 0 amide bonds. The molecular formula is C21H26BrFN4. The van der Waals surface area contributed by atoms with Crippen LogP contribution in [0.2, 0.25) is 0 Å². The number of likely N-dealkylation sites (N-methyl/N-ethyl adjacent to an activating group) is 1. The quantitative estimate of drug-likeness (QED) is 0.592. The van der Waals surface area contributed by atoms with Gasteiger partial charge in [0.2, 0.25) is 0 Å². The van der Waals surface area contributed by atoms with Crippen molar-refractivity contribution in [1.82, 2.24) is 10.2 Å². The molecule has 144 valence electrons. The van der Waals surface area contributed by atoms with E-state index in [4.69, 9.17) is 11.5 Å². The molecule has 4 nitrogen and oxygen atoms in total. The number of nitrogens with one attached hydrogen (secondary N) is 1. The summed E-state index contributed by atoms with van der Waals surface area (Å²) in [5, 5.41) is 3.05. The van der Waals surface area contributed by atoms with E-state index in [0.717, 1.165) is 46.8 Å². The van der Waals surface area contributed by atoms with Crippen molar-refractivity contribution in [2.75, 3.05) is 19.3 Å². The Morgan fingerprint density at radius 3 is 2.63 bits per heavy atom. The molecule has 1 aliphatic rings. The first kappa shape index (κ1) is 20.8. The van der Waals surface area contributed by atoms with Crippen LogP contribution in [0.25, 0.3) is 5.57 Å². The van der Waals surface area contributed by atoms with Crippen molar-refractivity contribution in [3.63, 3.8) is 0 Å². The van der Waals surface area contributed by atoms with Crippen LogP contribution in [-0.2, 0) is 0 Å². The number of nitrogen functional groups attached to an aromatic ring is 1. The van der Waals surface area contributed by atoms with Crippen molar-refractivity contribution in [3.8, 4) is 0 Å². The van der Waals surface area contributed by atoms with Crippen molar-refractivity contribution >= 4 is 27.2 Å². The van der Waals surface area contributed by atoms with Crippen molar-refractivity contribution in [1.29, 1.82) is 0 Å². The van der Waals surface area contributed by atoms with Crippen LogP contribution in [0.4, 0.5) is 10.1 Å². The lowest BCUT2D eigenvalue weighted by Crippen LogP contribution is -2.29. The zero-order valence-electron chi connectivity index (χ0n) is 15.9.